The molecule has 0 spiro atoms. The molecule has 3 nitrogen and oxygen atoms in total. The molecule has 0 atom stereocenters. The molecule has 0 saturated carbocycles. The van der Waals surface area contributed by atoms with Crippen molar-refractivity contribution in [3.05, 3.63) is 23.8 Å². The summed E-state index contributed by atoms with van der Waals surface area (Å²) in [6.07, 6.45) is 0.571. The van der Waals surface area contributed by atoms with Gasteiger partial charge in [-0.2, -0.15) is 0 Å². The summed E-state index contributed by atoms with van der Waals surface area (Å²) in [6, 6.07) is 6.19. The Labute approximate surface area is 90.1 Å². The Balaban J connectivity index is 2.44. The van der Waals surface area contributed by atoms with Crippen molar-refractivity contribution in [1.82, 2.24) is 0 Å². The van der Waals surface area contributed by atoms with Gasteiger partial charge in [0.2, 0.25) is 5.91 Å². The van der Waals surface area contributed by atoms with Crippen LogP contribution in [0.5, 0.6) is 0 Å². The first kappa shape index (κ1) is 10.0. The van der Waals surface area contributed by atoms with Crippen LogP contribution in [-0.4, -0.2) is 19.0 Å². The predicted molar refractivity (Wildman–Crippen MR) is 62.3 cm³/mol. The third kappa shape index (κ3) is 1.96. The second-order valence-electron chi connectivity index (χ2n) is 3.90. The number of hydrogen-bond acceptors (Lipinski definition) is 2. The van der Waals surface area contributed by atoms with Crippen molar-refractivity contribution in [3.63, 3.8) is 0 Å². The molecule has 0 fully saturated rings. The van der Waals surface area contributed by atoms with E-state index in [-0.39, 0.29) is 5.91 Å². The fraction of sp³-hybridized carbons (Fsp3) is 0.417. The fourth-order valence-electron chi connectivity index (χ4n) is 1.92. The lowest BCUT2D eigenvalue weighted by Gasteiger charge is -2.22. The largest absolute Gasteiger partial charge is 0.370 e. The number of hydrogen-bond donors (Lipinski definition) is 1. The maximum Gasteiger partial charge on any atom is 0.226 e. The van der Waals surface area contributed by atoms with E-state index in [1.54, 1.807) is 0 Å². The molecule has 0 aromatic heterocycles. The van der Waals surface area contributed by atoms with Crippen molar-refractivity contribution < 1.29 is 4.79 Å². The second-order valence-corrected chi connectivity index (χ2v) is 3.90. The molecule has 1 aromatic rings. The SMILES string of the molecule is CCN1CCC(=O)Nc2cc(C)ccc21. The summed E-state index contributed by atoms with van der Waals surface area (Å²) in [7, 11) is 0. The van der Waals surface area contributed by atoms with E-state index in [4.69, 9.17) is 0 Å². The minimum Gasteiger partial charge on any atom is -0.370 e. The van der Waals surface area contributed by atoms with Gasteiger partial charge in [-0.15, -0.1) is 0 Å². The van der Waals surface area contributed by atoms with Gasteiger partial charge in [-0.05, 0) is 31.5 Å². The van der Waals surface area contributed by atoms with Crippen molar-refractivity contribution in [2.75, 3.05) is 23.3 Å². The smallest absolute Gasteiger partial charge is 0.226 e. The van der Waals surface area contributed by atoms with Gasteiger partial charge >= 0.3 is 0 Å². The van der Waals surface area contributed by atoms with Gasteiger partial charge in [0.05, 0.1) is 11.4 Å². The van der Waals surface area contributed by atoms with Crippen LogP contribution >= 0.6 is 0 Å². The molecule has 1 amide bonds. The van der Waals surface area contributed by atoms with E-state index >= 15 is 0 Å². The number of fused-ring (bicyclic) bond motifs is 1. The minimum atomic E-state index is 0.109. The lowest BCUT2D eigenvalue weighted by atomic mass is 10.2. The molecule has 1 aromatic carbocycles. The standard InChI is InChI=1S/C12H16N2O/c1-3-14-7-6-12(15)13-10-8-9(2)4-5-11(10)14/h4-5,8H,3,6-7H2,1-2H3,(H,13,15). The molecule has 1 aliphatic heterocycles. The third-order valence-electron chi connectivity index (χ3n) is 2.76. The number of anilines is 2. The molecule has 3 heteroatoms. The van der Waals surface area contributed by atoms with E-state index in [9.17, 15) is 4.79 Å². The van der Waals surface area contributed by atoms with E-state index in [2.05, 4.69) is 29.3 Å². The minimum absolute atomic E-state index is 0.109. The van der Waals surface area contributed by atoms with Gasteiger partial charge in [0.15, 0.2) is 0 Å². The highest BCUT2D eigenvalue weighted by atomic mass is 16.1. The number of amides is 1. The Hall–Kier alpha value is -1.51. The first-order valence-corrected chi connectivity index (χ1v) is 5.36. The van der Waals surface area contributed by atoms with Crippen LogP contribution in [0.1, 0.15) is 18.9 Å². The number of aryl methyl sites for hydroxylation is 1. The van der Waals surface area contributed by atoms with Crippen LogP contribution in [0.3, 0.4) is 0 Å². The second kappa shape index (κ2) is 3.93. The van der Waals surface area contributed by atoms with Crippen LogP contribution in [0, 0.1) is 6.92 Å². The van der Waals surface area contributed by atoms with Crippen LogP contribution in [0.4, 0.5) is 11.4 Å². The summed E-state index contributed by atoms with van der Waals surface area (Å²) >= 11 is 0. The number of carbonyl (C=O) groups is 1. The summed E-state index contributed by atoms with van der Waals surface area (Å²) in [4.78, 5) is 13.7. The molecule has 0 unspecified atom stereocenters. The summed E-state index contributed by atoms with van der Waals surface area (Å²) in [5.41, 5.74) is 3.25. The van der Waals surface area contributed by atoms with Gasteiger partial charge in [-0.3, -0.25) is 4.79 Å². The number of nitrogens with one attached hydrogen (secondary N) is 1. The quantitative estimate of drug-likeness (QED) is 0.760. The molecule has 0 aliphatic carbocycles. The van der Waals surface area contributed by atoms with E-state index in [1.165, 1.54) is 5.56 Å². The number of carbonyl (C=O) groups excluding carboxylic acids is 1. The Morgan fingerprint density at radius 3 is 3.00 bits per heavy atom. The van der Waals surface area contributed by atoms with Crippen molar-refractivity contribution >= 4 is 17.3 Å². The zero-order valence-electron chi connectivity index (χ0n) is 9.21. The van der Waals surface area contributed by atoms with Crippen molar-refractivity contribution in [3.8, 4) is 0 Å². The van der Waals surface area contributed by atoms with Gasteiger partial charge in [0.25, 0.3) is 0 Å². The molecular weight excluding hydrogens is 188 g/mol. The van der Waals surface area contributed by atoms with Crippen LogP contribution in [0.25, 0.3) is 0 Å². The van der Waals surface area contributed by atoms with Crippen LogP contribution < -0.4 is 10.2 Å². The van der Waals surface area contributed by atoms with Crippen LogP contribution in [-0.2, 0) is 4.79 Å². The maximum absolute atomic E-state index is 11.5. The number of nitrogens with zero attached hydrogens (tertiary/aromatic N) is 1. The molecule has 0 radical (unpaired) electrons. The zero-order valence-corrected chi connectivity index (χ0v) is 9.21. The Bertz CT molecular complexity index is 387. The van der Waals surface area contributed by atoms with Crippen LogP contribution in [0.2, 0.25) is 0 Å². The van der Waals surface area contributed by atoms with E-state index in [0.717, 1.165) is 24.5 Å². The highest BCUT2D eigenvalue weighted by Crippen LogP contribution is 2.29. The summed E-state index contributed by atoms with van der Waals surface area (Å²) in [5, 5.41) is 2.95. The Morgan fingerprint density at radius 1 is 1.47 bits per heavy atom. The highest BCUT2D eigenvalue weighted by Gasteiger charge is 2.17. The van der Waals surface area contributed by atoms with E-state index in [0.29, 0.717) is 6.42 Å². The van der Waals surface area contributed by atoms with E-state index in [1.807, 2.05) is 13.0 Å². The normalized spacial score (nSPS) is 15.6. The predicted octanol–water partition coefficient (Wildman–Crippen LogP) is 2.16. The molecule has 1 aliphatic rings. The fourth-order valence-corrected chi connectivity index (χ4v) is 1.92. The molecular formula is C12H16N2O. The summed E-state index contributed by atoms with van der Waals surface area (Å²) in [5.74, 6) is 0.109. The van der Waals surface area contributed by atoms with Gasteiger partial charge in [-0.25, -0.2) is 0 Å². The molecule has 2 rings (SSSR count). The van der Waals surface area contributed by atoms with Gasteiger partial charge in [0, 0.05) is 19.5 Å². The molecule has 0 saturated heterocycles. The highest BCUT2D eigenvalue weighted by molar-refractivity contribution is 5.96. The Morgan fingerprint density at radius 2 is 2.27 bits per heavy atom. The van der Waals surface area contributed by atoms with E-state index < -0.39 is 0 Å². The van der Waals surface area contributed by atoms with Crippen LogP contribution in [0.15, 0.2) is 18.2 Å². The lowest BCUT2D eigenvalue weighted by Crippen LogP contribution is -2.23. The Kier molecular flexibility index (Phi) is 2.62. The molecule has 0 bridgehead atoms. The van der Waals surface area contributed by atoms with Gasteiger partial charge in [-0.1, -0.05) is 6.07 Å². The third-order valence-corrected chi connectivity index (χ3v) is 2.76. The number of benzene rings is 1. The topological polar surface area (TPSA) is 32.3 Å². The van der Waals surface area contributed by atoms with Crippen molar-refractivity contribution in [1.29, 1.82) is 0 Å². The first-order valence-electron chi connectivity index (χ1n) is 5.36. The summed E-state index contributed by atoms with van der Waals surface area (Å²) < 4.78 is 0. The molecule has 80 valence electrons. The van der Waals surface area contributed by atoms with Gasteiger partial charge < -0.3 is 10.2 Å². The van der Waals surface area contributed by atoms with Gasteiger partial charge in [0.1, 0.15) is 0 Å². The lowest BCUT2D eigenvalue weighted by molar-refractivity contribution is -0.115. The first-order chi connectivity index (χ1) is 7.20. The average molecular weight is 204 g/mol. The monoisotopic (exact) mass is 204 g/mol. The molecule has 1 heterocycles. The summed E-state index contributed by atoms with van der Waals surface area (Å²) in [6.45, 7) is 5.89. The van der Waals surface area contributed by atoms with Crippen molar-refractivity contribution in [2.24, 2.45) is 0 Å². The number of rotatable bonds is 1. The maximum atomic E-state index is 11.5. The average Bonchev–Trinajstić information content (AvgIpc) is 2.35. The van der Waals surface area contributed by atoms with Crippen molar-refractivity contribution in [2.45, 2.75) is 20.3 Å². The molecule has 1 N–H and O–H groups in total. The molecule has 15 heavy (non-hydrogen) atoms. The zero-order chi connectivity index (χ0) is 10.8.